The third-order valence-corrected chi connectivity index (χ3v) is 2.43. The lowest BCUT2D eigenvalue weighted by atomic mass is 10.1. The Bertz CT molecular complexity index is 522. The van der Waals surface area contributed by atoms with Crippen molar-refractivity contribution in [2.75, 3.05) is 20.8 Å². The van der Waals surface area contributed by atoms with Crippen molar-refractivity contribution in [3.05, 3.63) is 23.8 Å². The molecule has 0 aliphatic carbocycles. The molecule has 0 N–H and O–H groups in total. The Kier molecular flexibility index (Phi) is 6.26. The van der Waals surface area contributed by atoms with E-state index in [2.05, 4.69) is 0 Å². The van der Waals surface area contributed by atoms with Crippen molar-refractivity contribution >= 4 is 18.0 Å². The molecule has 0 atom stereocenters. The van der Waals surface area contributed by atoms with Crippen LogP contribution in [-0.4, -0.2) is 32.8 Å². The number of carbonyl (C=O) groups is 2. The summed E-state index contributed by atoms with van der Waals surface area (Å²) in [5, 5.41) is 0. The van der Waals surface area contributed by atoms with Crippen LogP contribution in [0.1, 0.15) is 19.4 Å². The summed E-state index contributed by atoms with van der Waals surface area (Å²) in [7, 11) is 2.89. The van der Waals surface area contributed by atoms with E-state index >= 15 is 0 Å². The largest absolute Gasteiger partial charge is 0.493 e. The van der Waals surface area contributed by atoms with Crippen LogP contribution in [0.25, 0.3) is 6.08 Å². The van der Waals surface area contributed by atoms with Crippen LogP contribution in [0.5, 0.6) is 17.2 Å². The first kappa shape index (κ1) is 16.6. The fraction of sp³-hybridized carbons (Fsp3) is 0.333. The zero-order chi connectivity index (χ0) is 15.8. The maximum Gasteiger partial charge on any atom is 0.330 e. The first-order valence-corrected chi connectivity index (χ1v) is 6.31. The van der Waals surface area contributed by atoms with Gasteiger partial charge in [-0.15, -0.1) is 0 Å². The zero-order valence-corrected chi connectivity index (χ0v) is 12.5. The van der Waals surface area contributed by atoms with E-state index in [0.717, 1.165) is 0 Å². The van der Waals surface area contributed by atoms with Crippen molar-refractivity contribution in [1.82, 2.24) is 0 Å². The van der Waals surface area contributed by atoms with Crippen LogP contribution >= 0.6 is 0 Å². The van der Waals surface area contributed by atoms with Gasteiger partial charge >= 0.3 is 11.9 Å². The molecular formula is C15H18O6. The van der Waals surface area contributed by atoms with Gasteiger partial charge in [-0.25, -0.2) is 4.79 Å². The van der Waals surface area contributed by atoms with E-state index in [9.17, 15) is 9.59 Å². The van der Waals surface area contributed by atoms with Crippen molar-refractivity contribution in [3.63, 3.8) is 0 Å². The van der Waals surface area contributed by atoms with Gasteiger partial charge < -0.3 is 18.9 Å². The van der Waals surface area contributed by atoms with Gasteiger partial charge in [-0.1, -0.05) is 0 Å². The van der Waals surface area contributed by atoms with Crippen LogP contribution < -0.4 is 14.2 Å². The van der Waals surface area contributed by atoms with Gasteiger partial charge in [0.2, 0.25) is 5.75 Å². The molecule has 114 valence electrons. The minimum atomic E-state index is -0.485. The third kappa shape index (κ3) is 4.83. The van der Waals surface area contributed by atoms with Crippen molar-refractivity contribution in [2.45, 2.75) is 13.8 Å². The van der Waals surface area contributed by atoms with E-state index in [-0.39, 0.29) is 5.75 Å². The maximum absolute atomic E-state index is 11.3. The Hall–Kier alpha value is -2.50. The smallest absolute Gasteiger partial charge is 0.330 e. The van der Waals surface area contributed by atoms with Gasteiger partial charge in [0, 0.05) is 13.0 Å². The average Bonchev–Trinajstić information content (AvgIpc) is 2.45. The monoisotopic (exact) mass is 294 g/mol. The molecule has 0 aliphatic rings. The molecule has 0 saturated carbocycles. The fourth-order valence-corrected chi connectivity index (χ4v) is 1.60. The highest BCUT2D eigenvalue weighted by molar-refractivity contribution is 5.87. The van der Waals surface area contributed by atoms with Gasteiger partial charge in [-0.3, -0.25) is 4.79 Å². The molecule has 0 amide bonds. The predicted molar refractivity (Wildman–Crippen MR) is 76.5 cm³/mol. The lowest BCUT2D eigenvalue weighted by Crippen LogP contribution is -2.05. The van der Waals surface area contributed by atoms with Gasteiger partial charge in [-0.2, -0.15) is 0 Å². The second-order valence-corrected chi connectivity index (χ2v) is 3.93. The van der Waals surface area contributed by atoms with E-state index < -0.39 is 11.9 Å². The molecular weight excluding hydrogens is 276 g/mol. The normalized spacial score (nSPS) is 10.3. The van der Waals surface area contributed by atoms with Gasteiger partial charge in [0.25, 0.3) is 0 Å². The highest BCUT2D eigenvalue weighted by atomic mass is 16.6. The van der Waals surface area contributed by atoms with E-state index in [1.165, 1.54) is 27.2 Å². The Morgan fingerprint density at radius 3 is 2.14 bits per heavy atom. The van der Waals surface area contributed by atoms with Crippen molar-refractivity contribution < 1.29 is 28.5 Å². The SMILES string of the molecule is CCOC(=O)C=Cc1cc(OC)c(OC(C)=O)c(OC)c1. The first-order chi connectivity index (χ1) is 10.0. The molecule has 1 rings (SSSR count). The third-order valence-electron chi connectivity index (χ3n) is 2.43. The van der Waals surface area contributed by atoms with Gasteiger partial charge in [-0.05, 0) is 30.7 Å². The summed E-state index contributed by atoms with van der Waals surface area (Å²) in [4.78, 5) is 22.4. The molecule has 6 heteroatoms. The topological polar surface area (TPSA) is 71.1 Å². The summed E-state index contributed by atoms with van der Waals surface area (Å²) in [6.07, 6.45) is 2.85. The van der Waals surface area contributed by atoms with Crippen LogP contribution in [-0.2, 0) is 14.3 Å². The van der Waals surface area contributed by atoms with Crippen LogP contribution in [0.3, 0.4) is 0 Å². The van der Waals surface area contributed by atoms with E-state index in [0.29, 0.717) is 23.7 Å². The summed E-state index contributed by atoms with van der Waals surface area (Å²) in [6.45, 7) is 3.32. The second-order valence-electron chi connectivity index (χ2n) is 3.93. The number of benzene rings is 1. The summed E-state index contributed by atoms with van der Waals surface area (Å²) < 4.78 is 20.2. The minimum Gasteiger partial charge on any atom is -0.493 e. The van der Waals surface area contributed by atoms with Crippen LogP contribution in [0.4, 0.5) is 0 Å². The quantitative estimate of drug-likeness (QED) is 0.455. The molecule has 21 heavy (non-hydrogen) atoms. The van der Waals surface area contributed by atoms with Crippen molar-refractivity contribution in [2.24, 2.45) is 0 Å². The fourth-order valence-electron chi connectivity index (χ4n) is 1.60. The summed E-state index contributed by atoms with van der Waals surface area (Å²) in [5.41, 5.74) is 0.646. The molecule has 0 unspecified atom stereocenters. The molecule has 1 aromatic carbocycles. The molecule has 0 aromatic heterocycles. The molecule has 0 bridgehead atoms. The lowest BCUT2D eigenvalue weighted by Gasteiger charge is -2.13. The minimum absolute atomic E-state index is 0.195. The predicted octanol–water partition coefficient (Wildman–Crippen LogP) is 2.21. The number of hydrogen-bond acceptors (Lipinski definition) is 6. The Balaban J connectivity index is 3.13. The first-order valence-electron chi connectivity index (χ1n) is 6.31. The molecule has 0 radical (unpaired) electrons. The lowest BCUT2D eigenvalue weighted by molar-refractivity contribution is -0.137. The van der Waals surface area contributed by atoms with Gasteiger partial charge in [0.15, 0.2) is 11.5 Å². The number of ether oxygens (including phenoxy) is 4. The van der Waals surface area contributed by atoms with Crippen LogP contribution in [0, 0.1) is 0 Å². The highest BCUT2D eigenvalue weighted by Gasteiger charge is 2.15. The van der Waals surface area contributed by atoms with Gasteiger partial charge in [0.05, 0.1) is 20.8 Å². The summed E-state index contributed by atoms with van der Waals surface area (Å²) in [6, 6.07) is 3.24. The average molecular weight is 294 g/mol. The Morgan fingerprint density at radius 1 is 1.14 bits per heavy atom. The summed E-state index contributed by atoms with van der Waals surface area (Å²) >= 11 is 0. The zero-order valence-electron chi connectivity index (χ0n) is 12.5. The van der Waals surface area contributed by atoms with E-state index in [4.69, 9.17) is 18.9 Å². The molecule has 0 fully saturated rings. The van der Waals surface area contributed by atoms with E-state index in [1.54, 1.807) is 25.1 Å². The van der Waals surface area contributed by atoms with Crippen LogP contribution in [0.2, 0.25) is 0 Å². The molecule has 1 aromatic rings. The number of carbonyl (C=O) groups excluding carboxylic acids is 2. The summed E-state index contributed by atoms with van der Waals surface area (Å²) in [5.74, 6) is -0.0807. The second kappa shape index (κ2) is 7.94. The molecule has 6 nitrogen and oxygen atoms in total. The van der Waals surface area contributed by atoms with Crippen LogP contribution in [0.15, 0.2) is 18.2 Å². The number of rotatable bonds is 6. The molecule has 0 aliphatic heterocycles. The molecule has 0 saturated heterocycles. The number of esters is 2. The maximum atomic E-state index is 11.3. The van der Waals surface area contributed by atoms with Crippen molar-refractivity contribution in [3.8, 4) is 17.2 Å². The Labute approximate surface area is 123 Å². The molecule has 0 spiro atoms. The standard InChI is InChI=1S/C15H18O6/c1-5-20-14(17)7-6-11-8-12(18-3)15(21-10(2)16)13(9-11)19-4/h6-9H,5H2,1-4H3. The van der Waals surface area contributed by atoms with Crippen molar-refractivity contribution in [1.29, 1.82) is 0 Å². The number of methoxy groups -OCH3 is 2. The molecule has 0 heterocycles. The van der Waals surface area contributed by atoms with E-state index in [1.807, 2.05) is 0 Å². The highest BCUT2D eigenvalue weighted by Crippen LogP contribution is 2.39. The Morgan fingerprint density at radius 2 is 1.71 bits per heavy atom. The van der Waals surface area contributed by atoms with Gasteiger partial charge in [0.1, 0.15) is 0 Å². The number of hydrogen-bond donors (Lipinski definition) is 0.